The van der Waals surface area contributed by atoms with Crippen molar-refractivity contribution in [3.63, 3.8) is 0 Å². The molecule has 1 saturated heterocycles. The number of aliphatic hydroxyl groups is 1. The number of carbonyl (C=O) groups is 1. The molecule has 29 heavy (non-hydrogen) atoms. The molecule has 154 valence electrons. The van der Waals surface area contributed by atoms with Gasteiger partial charge >= 0.3 is 0 Å². The van der Waals surface area contributed by atoms with Crippen molar-refractivity contribution in [2.24, 2.45) is 5.92 Å². The zero-order valence-corrected chi connectivity index (χ0v) is 18.8. The molecule has 0 aromatic heterocycles. The fraction of sp³-hybridized carbons (Fsp3) is 0.458. The molecule has 4 nitrogen and oxygen atoms in total. The number of benzene rings is 2. The van der Waals surface area contributed by atoms with Crippen molar-refractivity contribution in [3.05, 3.63) is 68.8 Å². The lowest BCUT2D eigenvalue weighted by atomic mass is 9.99. The molecule has 5 heteroatoms. The van der Waals surface area contributed by atoms with Crippen LogP contribution in [-0.2, 0) is 17.6 Å². The van der Waals surface area contributed by atoms with Crippen LogP contribution in [0.3, 0.4) is 0 Å². The number of rotatable bonds is 7. The van der Waals surface area contributed by atoms with Gasteiger partial charge in [-0.25, -0.2) is 0 Å². The van der Waals surface area contributed by atoms with Gasteiger partial charge in [-0.05, 0) is 96.1 Å². The number of carbonyl (C=O) groups excluding carboxylic acids is 1. The maximum absolute atomic E-state index is 12.9. The number of hydrogen-bond donors (Lipinski definition) is 2. The van der Waals surface area contributed by atoms with E-state index in [1.165, 1.54) is 24.0 Å². The van der Waals surface area contributed by atoms with Gasteiger partial charge < -0.3 is 15.3 Å². The molecule has 0 unspecified atom stereocenters. The Hall–Kier alpha value is -1.44. The van der Waals surface area contributed by atoms with E-state index in [9.17, 15) is 9.90 Å². The summed E-state index contributed by atoms with van der Waals surface area (Å²) in [5.74, 6) is 0.409. The summed E-state index contributed by atoms with van der Waals surface area (Å²) in [4.78, 5) is 15.2. The molecule has 2 aliphatic rings. The molecule has 0 radical (unpaired) electrons. The smallest absolute Gasteiger partial charge is 0.220 e. The molecule has 0 saturated carbocycles. The molecule has 1 aliphatic heterocycles. The molecule has 1 heterocycles. The van der Waals surface area contributed by atoms with Crippen LogP contribution in [0.15, 0.2) is 48.5 Å². The number of hydrogen-bond acceptors (Lipinski definition) is 3. The molecule has 0 spiro atoms. The van der Waals surface area contributed by atoms with Gasteiger partial charge in [0.2, 0.25) is 5.91 Å². The second-order valence-corrected chi connectivity index (χ2v) is 9.67. The topological polar surface area (TPSA) is 52.6 Å². The van der Waals surface area contributed by atoms with E-state index in [1.54, 1.807) is 0 Å². The van der Waals surface area contributed by atoms with Crippen molar-refractivity contribution in [2.75, 3.05) is 19.6 Å². The molecular formula is C24H29IN2O2. The molecule has 1 aliphatic carbocycles. The van der Waals surface area contributed by atoms with Gasteiger partial charge in [-0.15, -0.1) is 0 Å². The highest BCUT2D eigenvalue weighted by Gasteiger charge is 2.29. The monoisotopic (exact) mass is 504 g/mol. The second-order valence-electron chi connectivity index (χ2n) is 8.43. The van der Waals surface area contributed by atoms with Gasteiger partial charge in [0.05, 0.1) is 6.04 Å². The Balaban J connectivity index is 1.40. The highest BCUT2D eigenvalue weighted by molar-refractivity contribution is 14.1. The summed E-state index contributed by atoms with van der Waals surface area (Å²) in [5, 5.41) is 14.2. The van der Waals surface area contributed by atoms with Crippen LogP contribution in [-0.4, -0.2) is 41.6 Å². The first kappa shape index (κ1) is 20.8. The van der Waals surface area contributed by atoms with Crippen LogP contribution in [0.25, 0.3) is 0 Å². The fourth-order valence-corrected chi connectivity index (χ4v) is 5.04. The minimum atomic E-state index is -0.697. The van der Waals surface area contributed by atoms with Crippen LogP contribution >= 0.6 is 22.6 Å². The van der Waals surface area contributed by atoms with E-state index in [0.717, 1.165) is 35.1 Å². The van der Waals surface area contributed by atoms with E-state index >= 15 is 0 Å². The zero-order valence-electron chi connectivity index (χ0n) is 16.7. The predicted octanol–water partition coefficient (Wildman–Crippen LogP) is 3.71. The molecule has 2 aromatic carbocycles. The predicted molar refractivity (Wildman–Crippen MR) is 124 cm³/mol. The minimum absolute atomic E-state index is 0.0524. The Morgan fingerprint density at radius 1 is 1.07 bits per heavy atom. The second kappa shape index (κ2) is 9.58. The van der Waals surface area contributed by atoms with Crippen LogP contribution in [0.5, 0.6) is 0 Å². The molecule has 0 bridgehead atoms. The largest absolute Gasteiger partial charge is 0.386 e. The first-order valence-corrected chi connectivity index (χ1v) is 11.7. The van der Waals surface area contributed by atoms with Gasteiger partial charge in [0.1, 0.15) is 6.10 Å². The van der Waals surface area contributed by atoms with Gasteiger partial charge in [0.25, 0.3) is 0 Å². The van der Waals surface area contributed by atoms with E-state index in [4.69, 9.17) is 0 Å². The highest BCUT2D eigenvalue weighted by atomic mass is 127. The Morgan fingerprint density at radius 3 is 2.31 bits per heavy atom. The Labute approximate surface area is 186 Å². The van der Waals surface area contributed by atoms with Gasteiger partial charge in [0.15, 0.2) is 0 Å². The third-order valence-corrected chi connectivity index (χ3v) is 6.92. The first-order valence-electron chi connectivity index (χ1n) is 10.6. The molecule has 1 amide bonds. The molecule has 4 rings (SSSR count). The summed E-state index contributed by atoms with van der Waals surface area (Å²) in [6.45, 7) is 2.79. The number of likely N-dealkylation sites (tertiary alicyclic amines) is 1. The van der Waals surface area contributed by atoms with Gasteiger partial charge in [-0.1, -0.05) is 36.4 Å². The fourth-order valence-electron chi connectivity index (χ4n) is 4.68. The quantitative estimate of drug-likeness (QED) is 0.566. The van der Waals surface area contributed by atoms with Crippen molar-refractivity contribution in [1.82, 2.24) is 10.2 Å². The summed E-state index contributed by atoms with van der Waals surface area (Å²) in [6, 6.07) is 16.1. The van der Waals surface area contributed by atoms with E-state index in [1.807, 2.05) is 24.3 Å². The molecule has 2 N–H and O–H groups in total. The minimum Gasteiger partial charge on any atom is -0.386 e. The maximum Gasteiger partial charge on any atom is 0.220 e. The average molecular weight is 504 g/mol. The van der Waals surface area contributed by atoms with Gasteiger partial charge in [0, 0.05) is 16.5 Å². The van der Waals surface area contributed by atoms with Crippen molar-refractivity contribution < 1.29 is 9.90 Å². The summed E-state index contributed by atoms with van der Waals surface area (Å²) < 4.78 is 1.14. The summed E-state index contributed by atoms with van der Waals surface area (Å²) in [5.41, 5.74) is 3.61. The number of nitrogens with one attached hydrogen (secondary N) is 1. The average Bonchev–Trinajstić information content (AvgIpc) is 3.36. The van der Waals surface area contributed by atoms with Crippen LogP contribution in [0, 0.1) is 9.49 Å². The van der Waals surface area contributed by atoms with Gasteiger partial charge in [-0.2, -0.15) is 0 Å². The van der Waals surface area contributed by atoms with E-state index in [0.29, 0.717) is 18.9 Å². The van der Waals surface area contributed by atoms with Crippen molar-refractivity contribution in [1.29, 1.82) is 0 Å². The van der Waals surface area contributed by atoms with Crippen molar-refractivity contribution in [2.45, 2.75) is 44.2 Å². The van der Waals surface area contributed by atoms with Gasteiger partial charge in [-0.3, -0.25) is 4.79 Å². The van der Waals surface area contributed by atoms with Crippen molar-refractivity contribution >= 4 is 28.5 Å². The zero-order chi connectivity index (χ0) is 20.2. The maximum atomic E-state index is 12.9. The van der Waals surface area contributed by atoms with Crippen LogP contribution in [0.2, 0.25) is 0 Å². The highest BCUT2D eigenvalue weighted by Crippen LogP contribution is 2.29. The number of nitrogens with zero attached hydrogens (tertiary/aromatic N) is 1. The Kier molecular flexibility index (Phi) is 6.88. The van der Waals surface area contributed by atoms with Crippen LogP contribution in [0.1, 0.15) is 42.1 Å². The Morgan fingerprint density at radius 2 is 1.69 bits per heavy atom. The number of aliphatic hydroxyl groups excluding tert-OH is 1. The first-order chi connectivity index (χ1) is 14.1. The van der Waals surface area contributed by atoms with E-state index in [-0.39, 0.29) is 11.9 Å². The SMILES string of the molecule is O=C(CC1Cc2ccccc2C1)N[C@H](CN1CCCC1)[C@H](O)c1ccc(I)cc1. The third-order valence-electron chi connectivity index (χ3n) is 6.20. The van der Waals surface area contributed by atoms with E-state index < -0.39 is 6.10 Å². The normalized spacial score (nSPS) is 19.1. The third kappa shape index (κ3) is 5.38. The number of halogens is 1. The molecule has 2 atom stereocenters. The summed E-state index contributed by atoms with van der Waals surface area (Å²) in [7, 11) is 0. The lowest BCUT2D eigenvalue weighted by molar-refractivity contribution is -0.123. The standard InChI is InChI=1S/C24H29IN2O2/c25-21-9-7-18(8-10-21)24(29)22(16-27-11-3-4-12-27)26-23(28)15-17-13-19-5-1-2-6-20(19)14-17/h1-2,5-10,17,22,24,29H,3-4,11-16H2,(H,26,28)/t22-,24-/m1/s1. The molecular weight excluding hydrogens is 475 g/mol. The molecule has 1 fully saturated rings. The number of amides is 1. The molecule has 2 aromatic rings. The van der Waals surface area contributed by atoms with Crippen LogP contribution < -0.4 is 5.32 Å². The summed E-state index contributed by atoms with van der Waals surface area (Å²) in [6.07, 6.45) is 4.16. The lowest BCUT2D eigenvalue weighted by Gasteiger charge is -2.29. The van der Waals surface area contributed by atoms with Crippen molar-refractivity contribution in [3.8, 4) is 0 Å². The van der Waals surface area contributed by atoms with Crippen LogP contribution in [0.4, 0.5) is 0 Å². The number of fused-ring (bicyclic) bond motifs is 1. The summed E-state index contributed by atoms with van der Waals surface area (Å²) >= 11 is 2.27. The Bertz CT molecular complexity index is 808. The lowest BCUT2D eigenvalue weighted by Crippen LogP contribution is -2.47. The van der Waals surface area contributed by atoms with E-state index in [2.05, 4.69) is 57.1 Å².